The minimum atomic E-state index is -0.832. The maximum Gasteiger partial charge on any atom is 0.307 e. The fourth-order valence-electron chi connectivity index (χ4n) is 3.85. The van der Waals surface area contributed by atoms with Crippen LogP contribution in [0.25, 0.3) is 22.2 Å². The number of carboxylic acids is 1. The molecule has 154 valence electrons. The van der Waals surface area contributed by atoms with Crippen LogP contribution in [0.4, 0.5) is 0 Å². The van der Waals surface area contributed by atoms with Crippen molar-refractivity contribution in [1.29, 1.82) is 0 Å². The molecular weight excluding hydrogens is 382 g/mol. The molecule has 9 heteroatoms. The van der Waals surface area contributed by atoms with Crippen LogP contribution in [0.15, 0.2) is 42.5 Å². The molecule has 0 fully saturated rings. The molecule has 4 aromatic rings. The highest BCUT2D eigenvalue weighted by molar-refractivity contribution is 5.81. The summed E-state index contributed by atoms with van der Waals surface area (Å²) in [5.41, 5.74) is 5.00. The SMILES string of the molecule is CCC[C@@H](C(=O)O)[C@H](Cc1ccc(-c2ccc3nnn(C)c3c2)cc1)c1nn[nH]n1. The Hall–Kier alpha value is -3.62. The number of carboxylic acid groups (broad SMARTS) is 1. The second-order valence-corrected chi connectivity index (χ2v) is 7.43. The summed E-state index contributed by atoms with van der Waals surface area (Å²) in [7, 11) is 1.87. The molecule has 2 aromatic heterocycles. The number of aromatic nitrogens is 7. The average Bonchev–Trinajstić information content (AvgIpc) is 3.41. The van der Waals surface area contributed by atoms with E-state index < -0.39 is 11.9 Å². The van der Waals surface area contributed by atoms with Crippen molar-refractivity contribution in [1.82, 2.24) is 35.6 Å². The molecule has 0 radical (unpaired) electrons. The second-order valence-electron chi connectivity index (χ2n) is 7.43. The highest BCUT2D eigenvalue weighted by Crippen LogP contribution is 2.31. The van der Waals surface area contributed by atoms with Gasteiger partial charge in [-0.1, -0.05) is 54.1 Å². The first-order valence-electron chi connectivity index (χ1n) is 9.91. The zero-order valence-electron chi connectivity index (χ0n) is 16.9. The van der Waals surface area contributed by atoms with Gasteiger partial charge in [-0.25, -0.2) is 4.68 Å². The normalized spacial score (nSPS) is 13.4. The van der Waals surface area contributed by atoms with E-state index in [1.165, 1.54) is 0 Å². The molecule has 0 aliphatic heterocycles. The summed E-state index contributed by atoms with van der Waals surface area (Å²) in [4.78, 5) is 11.9. The maximum absolute atomic E-state index is 11.9. The largest absolute Gasteiger partial charge is 0.481 e. The van der Waals surface area contributed by atoms with Crippen molar-refractivity contribution in [3.05, 3.63) is 53.9 Å². The Bertz CT molecular complexity index is 1140. The minimum absolute atomic E-state index is 0.344. The van der Waals surface area contributed by atoms with Gasteiger partial charge >= 0.3 is 5.97 Å². The molecule has 0 spiro atoms. The predicted octanol–water partition coefficient (Wildman–Crippen LogP) is 2.98. The van der Waals surface area contributed by atoms with Crippen molar-refractivity contribution in [2.75, 3.05) is 0 Å². The Morgan fingerprint density at radius 1 is 1.13 bits per heavy atom. The fourth-order valence-corrected chi connectivity index (χ4v) is 3.85. The van der Waals surface area contributed by atoms with Crippen LogP contribution in [0.5, 0.6) is 0 Å². The van der Waals surface area contributed by atoms with Crippen LogP contribution in [0.3, 0.4) is 0 Å². The van der Waals surface area contributed by atoms with Crippen LogP contribution in [0, 0.1) is 5.92 Å². The number of carbonyl (C=O) groups is 1. The predicted molar refractivity (Wildman–Crippen MR) is 111 cm³/mol. The summed E-state index contributed by atoms with van der Waals surface area (Å²) in [6, 6.07) is 14.2. The quantitative estimate of drug-likeness (QED) is 0.462. The van der Waals surface area contributed by atoms with E-state index >= 15 is 0 Å². The number of nitrogens with one attached hydrogen (secondary N) is 1. The van der Waals surface area contributed by atoms with Crippen LogP contribution in [0.2, 0.25) is 0 Å². The van der Waals surface area contributed by atoms with Crippen LogP contribution in [0.1, 0.15) is 37.1 Å². The van der Waals surface area contributed by atoms with Gasteiger partial charge in [0, 0.05) is 13.0 Å². The van der Waals surface area contributed by atoms with E-state index in [1.807, 2.05) is 50.4 Å². The van der Waals surface area contributed by atoms with Gasteiger partial charge in [-0.2, -0.15) is 5.21 Å². The lowest BCUT2D eigenvalue weighted by atomic mass is 9.83. The molecule has 0 aliphatic rings. The summed E-state index contributed by atoms with van der Waals surface area (Å²) < 4.78 is 1.75. The Balaban J connectivity index is 1.60. The number of fused-ring (bicyclic) bond motifs is 1. The number of benzene rings is 2. The van der Waals surface area contributed by atoms with Crippen molar-refractivity contribution < 1.29 is 9.90 Å². The zero-order chi connectivity index (χ0) is 21.1. The minimum Gasteiger partial charge on any atom is -0.481 e. The number of aryl methyl sites for hydroxylation is 1. The van der Waals surface area contributed by atoms with Gasteiger partial charge in [-0.05, 0) is 41.7 Å². The summed E-state index contributed by atoms with van der Waals surface area (Å²) in [6.07, 6.45) is 1.86. The van der Waals surface area contributed by atoms with E-state index in [1.54, 1.807) is 4.68 Å². The van der Waals surface area contributed by atoms with Gasteiger partial charge in [0.1, 0.15) is 5.52 Å². The summed E-state index contributed by atoms with van der Waals surface area (Å²) in [6.45, 7) is 1.98. The number of H-pyrrole nitrogens is 1. The number of aromatic amines is 1. The number of tetrazole rings is 1. The number of rotatable bonds is 8. The Morgan fingerprint density at radius 3 is 2.57 bits per heavy atom. The van der Waals surface area contributed by atoms with Gasteiger partial charge in [-0.3, -0.25) is 4.79 Å². The lowest BCUT2D eigenvalue weighted by Crippen LogP contribution is -2.25. The lowest BCUT2D eigenvalue weighted by molar-refractivity contribution is -0.142. The molecule has 2 aromatic carbocycles. The van der Waals surface area contributed by atoms with Crippen LogP contribution in [-0.4, -0.2) is 46.7 Å². The molecule has 2 N–H and O–H groups in total. The van der Waals surface area contributed by atoms with Gasteiger partial charge in [0.25, 0.3) is 0 Å². The molecule has 0 bridgehead atoms. The van der Waals surface area contributed by atoms with Crippen molar-refractivity contribution >= 4 is 17.0 Å². The molecule has 4 rings (SSSR count). The van der Waals surface area contributed by atoms with Gasteiger partial charge in [0.05, 0.1) is 11.4 Å². The van der Waals surface area contributed by atoms with E-state index in [9.17, 15) is 9.90 Å². The molecule has 9 nitrogen and oxygen atoms in total. The number of aliphatic carboxylic acids is 1. The van der Waals surface area contributed by atoms with Gasteiger partial charge in [0.15, 0.2) is 5.82 Å². The third-order valence-corrected chi connectivity index (χ3v) is 5.45. The first-order valence-corrected chi connectivity index (χ1v) is 9.91. The molecule has 0 amide bonds. The Labute approximate surface area is 173 Å². The van der Waals surface area contributed by atoms with E-state index in [0.717, 1.165) is 34.1 Å². The summed E-state index contributed by atoms with van der Waals surface area (Å²) in [5.74, 6) is -1.30. The monoisotopic (exact) mass is 405 g/mol. The van der Waals surface area contributed by atoms with Crippen LogP contribution in [-0.2, 0) is 18.3 Å². The highest BCUT2D eigenvalue weighted by Gasteiger charge is 2.31. The Kier molecular flexibility index (Phi) is 5.51. The van der Waals surface area contributed by atoms with E-state index in [0.29, 0.717) is 18.7 Å². The smallest absolute Gasteiger partial charge is 0.307 e. The average molecular weight is 405 g/mol. The van der Waals surface area contributed by atoms with Crippen molar-refractivity contribution in [3.63, 3.8) is 0 Å². The summed E-state index contributed by atoms with van der Waals surface area (Å²) in [5, 5.41) is 32.1. The number of hydrogen-bond acceptors (Lipinski definition) is 6. The molecule has 0 saturated carbocycles. The van der Waals surface area contributed by atoms with Crippen LogP contribution >= 0.6 is 0 Å². The lowest BCUT2D eigenvalue weighted by Gasteiger charge is -2.21. The molecule has 0 saturated heterocycles. The van der Waals surface area contributed by atoms with Crippen molar-refractivity contribution in [3.8, 4) is 11.1 Å². The Morgan fingerprint density at radius 2 is 1.90 bits per heavy atom. The van der Waals surface area contributed by atoms with Gasteiger partial charge in [0.2, 0.25) is 0 Å². The maximum atomic E-state index is 11.9. The van der Waals surface area contributed by atoms with Crippen molar-refractivity contribution in [2.45, 2.75) is 32.1 Å². The van der Waals surface area contributed by atoms with E-state index in [4.69, 9.17) is 0 Å². The fraction of sp³-hybridized carbons (Fsp3) is 0.333. The highest BCUT2D eigenvalue weighted by atomic mass is 16.4. The molecule has 0 unspecified atom stereocenters. The molecule has 0 aliphatic carbocycles. The first-order chi connectivity index (χ1) is 14.6. The molecule has 2 heterocycles. The van der Waals surface area contributed by atoms with E-state index in [2.05, 4.69) is 37.0 Å². The van der Waals surface area contributed by atoms with Crippen molar-refractivity contribution in [2.24, 2.45) is 13.0 Å². The molecule has 2 atom stereocenters. The first kappa shape index (κ1) is 19.7. The third kappa shape index (κ3) is 3.91. The number of hydrogen-bond donors (Lipinski definition) is 2. The van der Waals surface area contributed by atoms with Gasteiger partial charge < -0.3 is 5.11 Å². The molecular formula is C21H23N7O2. The van der Waals surface area contributed by atoms with Gasteiger partial charge in [-0.15, -0.1) is 15.3 Å². The summed E-state index contributed by atoms with van der Waals surface area (Å²) >= 11 is 0. The number of nitrogens with zero attached hydrogens (tertiary/aromatic N) is 6. The standard InChI is InChI=1S/C21H23N7O2/c1-3-4-16(21(29)30)17(20-23-25-26-24-20)11-13-5-7-14(8-6-13)15-9-10-18-19(12-15)28(2)27-22-18/h5-10,12,16-17H,3-4,11H2,1-2H3,(H,29,30)(H,23,24,25,26)/t16-,17+/m1/s1. The molecule has 30 heavy (non-hydrogen) atoms. The third-order valence-electron chi connectivity index (χ3n) is 5.45. The van der Waals surface area contributed by atoms with Crippen LogP contribution < -0.4 is 0 Å². The topological polar surface area (TPSA) is 122 Å². The van der Waals surface area contributed by atoms with E-state index in [-0.39, 0.29) is 5.92 Å². The second kappa shape index (κ2) is 8.40. The zero-order valence-corrected chi connectivity index (χ0v) is 16.9.